The van der Waals surface area contributed by atoms with E-state index in [1.165, 1.54) is 0 Å². The molecule has 4 rings (SSSR count). The minimum absolute atomic E-state index is 0.169. The molecule has 1 heterocycles. The number of ether oxygens (including phenoxy) is 1. The van der Waals surface area contributed by atoms with Crippen LogP contribution in [0.5, 0.6) is 5.75 Å². The SMILES string of the molecule is CCn1nnnc1COc1ccc(C(=O)Nc2cccc3ccccc23)cc1. The molecule has 3 aromatic carbocycles. The molecule has 0 atom stereocenters. The van der Waals surface area contributed by atoms with Crippen molar-refractivity contribution in [3.05, 3.63) is 78.1 Å². The molecule has 1 aromatic heterocycles. The third-order valence-corrected chi connectivity index (χ3v) is 4.43. The van der Waals surface area contributed by atoms with Crippen LogP contribution in [-0.2, 0) is 13.2 Å². The van der Waals surface area contributed by atoms with E-state index in [1.807, 2.05) is 49.4 Å². The molecule has 0 spiro atoms. The largest absolute Gasteiger partial charge is 0.486 e. The molecule has 0 saturated carbocycles. The lowest BCUT2D eigenvalue weighted by atomic mass is 10.1. The molecule has 0 aliphatic carbocycles. The van der Waals surface area contributed by atoms with Crippen molar-refractivity contribution in [2.75, 3.05) is 5.32 Å². The Kier molecular flexibility index (Phi) is 4.97. The van der Waals surface area contributed by atoms with Gasteiger partial charge in [-0.3, -0.25) is 4.79 Å². The Balaban J connectivity index is 1.44. The molecule has 28 heavy (non-hydrogen) atoms. The number of hydrogen-bond acceptors (Lipinski definition) is 5. The van der Waals surface area contributed by atoms with Crippen molar-refractivity contribution in [2.45, 2.75) is 20.1 Å². The number of carbonyl (C=O) groups is 1. The summed E-state index contributed by atoms with van der Waals surface area (Å²) in [6, 6.07) is 20.8. The van der Waals surface area contributed by atoms with Gasteiger partial charge in [-0.2, -0.15) is 0 Å². The smallest absolute Gasteiger partial charge is 0.255 e. The van der Waals surface area contributed by atoms with Crippen LogP contribution in [0.2, 0.25) is 0 Å². The first kappa shape index (κ1) is 17.7. The second-order valence-corrected chi connectivity index (χ2v) is 6.20. The maximum absolute atomic E-state index is 12.6. The maximum Gasteiger partial charge on any atom is 0.255 e. The molecule has 4 aromatic rings. The molecule has 0 radical (unpaired) electrons. The molecule has 0 bridgehead atoms. The third-order valence-electron chi connectivity index (χ3n) is 4.43. The number of nitrogens with zero attached hydrogens (tertiary/aromatic N) is 4. The molecule has 0 unspecified atom stereocenters. The summed E-state index contributed by atoms with van der Waals surface area (Å²) in [5, 5.41) is 16.5. The summed E-state index contributed by atoms with van der Waals surface area (Å²) in [7, 11) is 0. The van der Waals surface area contributed by atoms with Gasteiger partial charge in [0, 0.05) is 23.2 Å². The third kappa shape index (κ3) is 3.68. The van der Waals surface area contributed by atoms with Gasteiger partial charge in [-0.25, -0.2) is 4.68 Å². The molecule has 0 aliphatic rings. The lowest BCUT2D eigenvalue weighted by Gasteiger charge is -2.10. The summed E-state index contributed by atoms with van der Waals surface area (Å²) in [4.78, 5) is 12.6. The normalized spacial score (nSPS) is 10.8. The predicted molar refractivity (Wildman–Crippen MR) is 106 cm³/mol. The molecule has 7 nitrogen and oxygen atoms in total. The van der Waals surface area contributed by atoms with Crippen molar-refractivity contribution >= 4 is 22.4 Å². The highest BCUT2D eigenvalue weighted by Crippen LogP contribution is 2.24. The first-order chi connectivity index (χ1) is 13.7. The van der Waals surface area contributed by atoms with Crippen LogP contribution in [0, 0.1) is 0 Å². The minimum Gasteiger partial charge on any atom is -0.486 e. The molecule has 1 N–H and O–H groups in total. The van der Waals surface area contributed by atoms with Gasteiger partial charge in [0.25, 0.3) is 5.91 Å². The van der Waals surface area contributed by atoms with E-state index in [1.54, 1.807) is 28.9 Å². The topological polar surface area (TPSA) is 81.9 Å². The molecule has 0 aliphatic heterocycles. The van der Waals surface area contributed by atoms with E-state index in [4.69, 9.17) is 4.74 Å². The standard InChI is InChI=1S/C21H19N5O2/c1-2-26-20(23-24-25-26)14-28-17-12-10-16(11-13-17)21(27)22-19-9-5-7-15-6-3-4-8-18(15)19/h3-13H,2,14H2,1H3,(H,22,27). The molecule has 7 heteroatoms. The minimum atomic E-state index is -0.169. The van der Waals surface area contributed by atoms with Gasteiger partial charge < -0.3 is 10.1 Å². The Morgan fingerprint density at radius 1 is 1.04 bits per heavy atom. The highest BCUT2D eigenvalue weighted by molar-refractivity contribution is 6.09. The van der Waals surface area contributed by atoms with E-state index < -0.39 is 0 Å². The number of carbonyl (C=O) groups excluding carboxylic acids is 1. The first-order valence-corrected chi connectivity index (χ1v) is 9.01. The van der Waals surface area contributed by atoms with Gasteiger partial charge in [0.15, 0.2) is 5.82 Å². The fourth-order valence-corrected chi connectivity index (χ4v) is 2.95. The average molecular weight is 373 g/mol. The number of fused-ring (bicyclic) bond motifs is 1. The van der Waals surface area contributed by atoms with Crippen molar-refractivity contribution in [3.8, 4) is 5.75 Å². The van der Waals surface area contributed by atoms with E-state index in [0.29, 0.717) is 23.7 Å². The van der Waals surface area contributed by atoms with Crippen molar-refractivity contribution in [3.63, 3.8) is 0 Å². The van der Waals surface area contributed by atoms with Crippen LogP contribution >= 0.6 is 0 Å². The second kappa shape index (κ2) is 7.87. The van der Waals surface area contributed by atoms with Crippen molar-refractivity contribution in [1.82, 2.24) is 20.2 Å². The van der Waals surface area contributed by atoms with Crippen molar-refractivity contribution in [1.29, 1.82) is 0 Å². The van der Waals surface area contributed by atoms with Crippen LogP contribution in [0.15, 0.2) is 66.7 Å². The predicted octanol–water partition coefficient (Wildman–Crippen LogP) is 3.68. The highest BCUT2D eigenvalue weighted by Gasteiger charge is 2.09. The van der Waals surface area contributed by atoms with Crippen LogP contribution < -0.4 is 10.1 Å². The van der Waals surface area contributed by atoms with Gasteiger partial charge in [-0.1, -0.05) is 36.4 Å². The zero-order chi connectivity index (χ0) is 19.3. The van der Waals surface area contributed by atoms with Gasteiger partial charge in [-0.05, 0) is 53.1 Å². The van der Waals surface area contributed by atoms with Crippen LogP contribution in [0.4, 0.5) is 5.69 Å². The molecular formula is C21H19N5O2. The van der Waals surface area contributed by atoms with Crippen molar-refractivity contribution in [2.24, 2.45) is 0 Å². The van der Waals surface area contributed by atoms with Crippen LogP contribution in [-0.4, -0.2) is 26.1 Å². The van der Waals surface area contributed by atoms with Crippen LogP contribution in [0.25, 0.3) is 10.8 Å². The summed E-state index contributed by atoms with van der Waals surface area (Å²) in [5.74, 6) is 1.13. The van der Waals surface area contributed by atoms with Gasteiger partial charge in [0.1, 0.15) is 12.4 Å². The Labute approximate surface area is 161 Å². The second-order valence-electron chi connectivity index (χ2n) is 6.20. The number of nitrogens with one attached hydrogen (secondary N) is 1. The van der Waals surface area contributed by atoms with Gasteiger partial charge in [0.05, 0.1) is 0 Å². The summed E-state index contributed by atoms with van der Waals surface area (Å²) >= 11 is 0. The van der Waals surface area contributed by atoms with Gasteiger partial charge >= 0.3 is 0 Å². The maximum atomic E-state index is 12.6. The van der Waals surface area contributed by atoms with E-state index in [0.717, 1.165) is 16.5 Å². The Hall–Kier alpha value is -3.74. The lowest BCUT2D eigenvalue weighted by molar-refractivity contribution is 0.102. The van der Waals surface area contributed by atoms with Crippen LogP contribution in [0.1, 0.15) is 23.1 Å². The number of aromatic nitrogens is 4. The lowest BCUT2D eigenvalue weighted by Crippen LogP contribution is -2.12. The Bertz CT molecular complexity index is 1100. The van der Waals surface area contributed by atoms with E-state index in [2.05, 4.69) is 20.8 Å². The number of amides is 1. The van der Waals surface area contributed by atoms with E-state index in [9.17, 15) is 4.79 Å². The Morgan fingerprint density at radius 2 is 1.82 bits per heavy atom. The van der Waals surface area contributed by atoms with Crippen LogP contribution in [0.3, 0.4) is 0 Å². The fourth-order valence-electron chi connectivity index (χ4n) is 2.95. The summed E-state index contributed by atoms with van der Waals surface area (Å²) in [6.07, 6.45) is 0. The molecule has 0 fully saturated rings. The summed E-state index contributed by atoms with van der Waals surface area (Å²) < 4.78 is 7.38. The van der Waals surface area contributed by atoms with Gasteiger partial charge in [0.2, 0.25) is 0 Å². The number of rotatable bonds is 6. The van der Waals surface area contributed by atoms with Crippen molar-refractivity contribution < 1.29 is 9.53 Å². The summed E-state index contributed by atoms with van der Waals surface area (Å²) in [5.41, 5.74) is 1.34. The Morgan fingerprint density at radius 3 is 2.64 bits per heavy atom. The van der Waals surface area contributed by atoms with E-state index >= 15 is 0 Å². The number of anilines is 1. The zero-order valence-electron chi connectivity index (χ0n) is 15.4. The number of aryl methyl sites for hydroxylation is 1. The quantitative estimate of drug-likeness (QED) is 0.558. The molecule has 140 valence electrons. The van der Waals surface area contributed by atoms with E-state index in [-0.39, 0.29) is 12.5 Å². The number of tetrazole rings is 1. The average Bonchev–Trinajstić information content (AvgIpc) is 3.20. The molecule has 1 amide bonds. The highest BCUT2D eigenvalue weighted by atomic mass is 16.5. The first-order valence-electron chi connectivity index (χ1n) is 9.01. The zero-order valence-corrected chi connectivity index (χ0v) is 15.4. The molecular weight excluding hydrogens is 354 g/mol. The number of benzene rings is 3. The fraction of sp³-hybridized carbons (Fsp3) is 0.143. The van der Waals surface area contributed by atoms with Gasteiger partial charge in [-0.15, -0.1) is 5.10 Å². The number of hydrogen-bond donors (Lipinski definition) is 1. The monoisotopic (exact) mass is 373 g/mol. The molecule has 0 saturated heterocycles. The summed E-state index contributed by atoms with van der Waals surface area (Å²) in [6.45, 7) is 2.91.